The smallest absolute Gasteiger partial charge is 0.354 e. The molecule has 2 heterocycles. The normalized spacial score (nSPS) is 14.4. The number of aromatic nitrogens is 1. The van der Waals surface area contributed by atoms with Gasteiger partial charge < -0.3 is 14.9 Å². The van der Waals surface area contributed by atoms with Crippen LogP contribution in [-0.2, 0) is 11.2 Å². The van der Waals surface area contributed by atoms with Crippen LogP contribution in [0.4, 0.5) is 10.2 Å². The predicted octanol–water partition coefficient (Wildman–Crippen LogP) is 1.81. The van der Waals surface area contributed by atoms with E-state index in [1.165, 1.54) is 12.1 Å². The van der Waals surface area contributed by atoms with Gasteiger partial charge in [0.25, 0.3) is 0 Å². The zero-order valence-electron chi connectivity index (χ0n) is 13.6. The summed E-state index contributed by atoms with van der Waals surface area (Å²) in [7, 11) is 0. The first kappa shape index (κ1) is 16.9. The highest BCUT2D eigenvalue weighted by molar-refractivity contribution is 5.85. The number of halogens is 1. The van der Waals surface area contributed by atoms with E-state index >= 15 is 0 Å². The highest BCUT2D eigenvalue weighted by atomic mass is 19.1. The Morgan fingerprint density at radius 3 is 2.44 bits per heavy atom. The second-order valence-corrected chi connectivity index (χ2v) is 5.82. The van der Waals surface area contributed by atoms with E-state index in [1.54, 1.807) is 35.2 Å². The van der Waals surface area contributed by atoms with Gasteiger partial charge in [-0.25, -0.2) is 14.2 Å². The van der Waals surface area contributed by atoms with Gasteiger partial charge in [0.2, 0.25) is 5.91 Å². The molecule has 1 aliphatic heterocycles. The molecule has 0 unspecified atom stereocenters. The zero-order chi connectivity index (χ0) is 17.8. The van der Waals surface area contributed by atoms with Crippen LogP contribution in [0.25, 0.3) is 0 Å². The quantitative estimate of drug-likeness (QED) is 0.916. The minimum absolute atomic E-state index is 0.00411. The molecule has 0 saturated carbocycles. The lowest BCUT2D eigenvalue weighted by atomic mass is 10.1. The fourth-order valence-corrected chi connectivity index (χ4v) is 2.82. The molecule has 6 nitrogen and oxygen atoms in total. The van der Waals surface area contributed by atoms with Crippen molar-refractivity contribution in [3.8, 4) is 0 Å². The van der Waals surface area contributed by atoms with Crippen LogP contribution in [0.5, 0.6) is 0 Å². The average Bonchev–Trinajstić information content (AvgIpc) is 2.64. The SMILES string of the molecule is O=C(O)c1cccc(N2CCN(C(=O)Cc3ccccc3F)CC2)n1. The molecule has 1 fully saturated rings. The van der Waals surface area contributed by atoms with E-state index < -0.39 is 5.97 Å². The van der Waals surface area contributed by atoms with Crippen LogP contribution in [0.3, 0.4) is 0 Å². The van der Waals surface area contributed by atoms with Crippen LogP contribution >= 0.6 is 0 Å². The number of hydrogen-bond donors (Lipinski definition) is 1. The number of carbonyl (C=O) groups excluding carboxylic acids is 1. The summed E-state index contributed by atoms with van der Waals surface area (Å²) < 4.78 is 13.7. The van der Waals surface area contributed by atoms with Crippen LogP contribution in [-0.4, -0.2) is 53.0 Å². The van der Waals surface area contributed by atoms with E-state index in [-0.39, 0.29) is 23.8 Å². The summed E-state index contributed by atoms with van der Waals surface area (Å²) in [5.74, 6) is -0.970. The molecule has 0 spiro atoms. The molecule has 130 valence electrons. The summed E-state index contributed by atoms with van der Waals surface area (Å²) in [5, 5.41) is 9.02. The molecule has 1 aliphatic rings. The molecule has 2 aromatic rings. The predicted molar refractivity (Wildman–Crippen MR) is 90.1 cm³/mol. The fourth-order valence-electron chi connectivity index (χ4n) is 2.82. The van der Waals surface area contributed by atoms with Gasteiger partial charge in [0.1, 0.15) is 11.6 Å². The maximum Gasteiger partial charge on any atom is 0.354 e. The van der Waals surface area contributed by atoms with Crippen molar-refractivity contribution in [2.24, 2.45) is 0 Å². The molecule has 0 atom stereocenters. The maximum absolute atomic E-state index is 13.7. The standard InChI is InChI=1S/C18H18FN3O3/c19-14-5-2-1-4-13(14)12-17(23)22-10-8-21(9-11-22)16-7-3-6-15(20-16)18(24)25/h1-7H,8-12H2,(H,24,25). The number of benzene rings is 1. The van der Waals surface area contributed by atoms with Crippen molar-refractivity contribution < 1.29 is 19.1 Å². The number of hydrogen-bond acceptors (Lipinski definition) is 4. The van der Waals surface area contributed by atoms with Gasteiger partial charge in [0.15, 0.2) is 5.69 Å². The van der Waals surface area contributed by atoms with Gasteiger partial charge >= 0.3 is 5.97 Å². The molecule has 7 heteroatoms. The van der Waals surface area contributed by atoms with Gasteiger partial charge in [-0.2, -0.15) is 0 Å². The van der Waals surface area contributed by atoms with E-state index in [4.69, 9.17) is 5.11 Å². The van der Waals surface area contributed by atoms with E-state index in [0.717, 1.165) is 0 Å². The first-order valence-corrected chi connectivity index (χ1v) is 8.01. The van der Waals surface area contributed by atoms with Gasteiger partial charge in [0.05, 0.1) is 6.42 Å². The van der Waals surface area contributed by atoms with Crippen LogP contribution < -0.4 is 4.90 Å². The molecule has 0 aliphatic carbocycles. The number of carboxylic acid groups (broad SMARTS) is 1. The first-order chi connectivity index (χ1) is 12.0. The lowest BCUT2D eigenvalue weighted by Crippen LogP contribution is -2.49. The molecular formula is C18H18FN3O3. The average molecular weight is 343 g/mol. The van der Waals surface area contributed by atoms with Crippen molar-refractivity contribution in [3.63, 3.8) is 0 Å². The first-order valence-electron chi connectivity index (χ1n) is 8.01. The van der Waals surface area contributed by atoms with Crippen molar-refractivity contribution in [3.05, 3.63) is 59.5 Å². The van der Waals surface area contributed by atoms with E-state index in [2.05, 4.69) is 4.98 Å². The third kappa shape index (κ3) is 3.93. The van der Waals surface area contributed by atoms with Crippen molar-refractivity contribution >= 4 is 17.7 Å². The molecule has 0 bridgehead atoms. The minimum Gasteiger partial charge on any atom is -0.477 e. The number of anilines is 1. The highest BCUT2D eigenvalue weighted by Crippen LogP contribution is 2.16. The van der Waals surface area contributed by atoms with E-state index in [1.807, 2.05) is 4.90 Å². The summed E-state index contributed by atoms with van der Waals surface area (Å²) >= 11 is 0. The van der Waals surface area contributed by atoms with E-state index in [0.29, 0.717) is 37.6 Å². The highest BCUT2D eigenvalue weighted by Gasteiger charge is 2.23. The Morgan fingerprint density at radius 1 is 1.04 bits per heavy atom. The summed E-state index contributed by atoms with van der Waals surface area (Å²) in [6.07, 6.45) is 0.0411. The number of carboxylic acids is 1. The summed E-state index contributed by atoms with van der Waals surface area (Å²) in [4.78, 5) is 31.1. The molecule has 0 radical (unpaired) electrons. The number of carbonyl (C=O) groups is 2. The van der Waals surface area contributed by atoms with Gasteiger partial charge in [-0.3, -0.25) is 4.79 Å². The van der Waals surface area contributed by atoms with Crippen molar-refractivity contribution in [2.45, 2.75) is 6.42 Å². The zero-order valence-corrected chi connectivity index (χ0v) is 13.6. The molecule has 1 N–H and O–H groups in total. The van der Waals surface area contributed by atoms with Gasteiger partial charge in [-0.15, -0.1) is 0 Å². The third-order valence-corrected chi connectivity index (χ3v) is 4.21. The fraction of sp³-hybridized carbons (Fsp3) is 0.278. The lowest BCUT2D eigenvalue weighted by molar-refractivity contribution is -0.130. The number of aromatic carboxylic acids is 1. The molecule has 1 aromatic heterocycles. The minimum atomic E-state index is -1.07. The largest absolute Gasteiger partial charge is 0.477 e. The Balaban J connectivity index is 1.60. The number of pyridine rings is 1. The Hall–Kier alpha value is -2.96. The van der Waals surface area contributed by atoms with Gasteiger partial charge in [-0.05, 0) is 23.8 Å². The Labute approximate surface area is 144 Å². The molecule has 1 saturated heterocycles. The Morgan fingerprint density at radius 2 is 1.76 bits per heavy atom. The topological polar surface area (TPSA) is 73.7 Å². The second-order valence-electron chi connectivity index (χ2n) is 5.82. The monoisotopic (exact) mass is 343 g/mol. The van der Waals surface area contributed by atoms with Gasteiger partial charge in [0, 0.05) is 26.2 Å². The van der Waals surface area contributed by atoms with Crippen molar-refractivity contribution in [1.29, 1.82) is 0 Å². The second kappa shape index (κ2) is 7.29. The van der Waals surface area contributed by atoms with E-state index in [9.17, 15) is 14.0 Å². The number of piperazine rings is 1. The third-order valence-electron chi connectivity index (χ3n) is 4.21. The summed E-state index contributed by atoms with van der Waals surface area (Å²) in [5.41, 5.74) is 0.390. The molecule has 25 heavy (non-hydrogen) atoms. The maximum atomic E-state index is 13.7. The molecule has 1 aromatic carbocycles. The summed E-state index contributed by atoms with van der Waals surface area (Å²) in [6, 6.07) is 11.1. The van der Waals surface area contributed by atoms with Crippen LogP contribution in [0.2, 0.25) is 0 Å². The van der Waals surface area contributed by atoms with Crippen molar-refractivity contribution in [1.82, 2.24) is 9.88 Å². The number of rotatable bonds is 4. The van der Waals surface area contributed by atoms with Gasteiger partial charge in [-0.1, -0.05) is 24.3 Å². The number of amides is 1. The van der Waals surface area contributed by atoms with Crippen LogP contribution in [0, 0.1) is 5.82 Å². The number of nitrogens with zero attached hydrogens (tertiary/aromatic N) is 3. The Bertz CT molecular complexity index is 789. The lowest BCUT2D eigenvalue weighted by Gasteiger charge is -2.35. The van der Waals surface area contributed by atoms with Crippen molar-refractivity contribution in [2.75, 3.05) is 31.1 Å². The molecule has 3 rings (SSSR count). The molecule has 1 amide bonds. The van der Waals surface area contributed by atoms with Crippen LogP contribution in [0.15, 0.2) is 42.5 Å². The Kier molecular flexibility index (Phi) is 4.92. The van der Waals surface area contributed by atoms with Crippen LogP contribution in [0.1, 0.15) is 16.1 Å². The summed E-state index contributed by atoms with van der Waals surface area (Å²) in [6.45, 7) is 2.09. The molecular weight excluding hydrogens is 325 g/mol.